The molecular formula is C19H26N2O5. The van der Waals surface area contributed by atoms with E-state index in [0.717, 1.165) is 12.0 Å². The molecule has 1 aliphatic heterocycles. The highest BCUT2D eigenvalue weighted by atomic mass is 16.5. The van der Waals surface area contributed by atoms with Crippen molar-refractivity contribution < 1.29 is 24.7 Å². The van der Waals surface area contributed by atoms with E-state index in [0.29, 0.717) is 19.4 Å². The van der Waals surface area contributed by atoms with E-state index in [1.807, 2.05) is 32.0 Å². The summed E-state index contributed by atoms with van der Waals surface area (Å²) in [6, 6.07) is 7.17. The van der Waals surface area contributed by atoms with Gasteiger partial charge in [0.2, 0.25) is 5.91 Å². The summed E-state index contributed by atoms with van der Waals surface area (Å²) in [6.45, 7) is 4.28. The molecule has 0 spiro atoms. The fraction of sp³-hybridized carbons (Fsp3) is 0.526. The fourth-order valence-electron chi connectivity index (χ4n) is 3.50. The van der Waals surface area contributed by atoms with Crippen LogP contribution in [0, 0.1) is 12.3 Å². The zero-order valence-corrected chi connectivity index (χ0v) is 15.2. The molecule has 1 saturated heterocycles. The first-order valence-electron chi connectivity index (χ1n) is 8.79. The largest absolute Gasteiger partial charge is 0.481 e. The van der Waals surface area contributed by atoms with Crippen LogP contribution in [0.3, 0.4) is 0 Å². The molecule has 0 bridgehead atoms. The molecule has 1 aliphatic rings. The molecule has 1 unspecified atom stereocenters. The van der Waals surface area contributed by atoms with Crippen molar-refractivity contribution in [3.05, 3.63) is 35.4 Å². The van der Waals surface area contributed by atoms with Gasteiger partial charge < -0.3 is 10.0 Å². The maximum atomic E-state index is 12.9. The highest BCUT2D eigenvalue weighted by molar-refractivity contribution is 5.91. The highest BCUT2D eigenvalue weighted by Crippen LogP contribution is 2.37. The minimum atomic E-state index is -1.05. The van der Waals surface area contributed by atoms with E-state index >= 15 is 0 Å². The van der Waals surface area contributed by atoms with Crippen LogP contribution in [0.2, 0.25) is 0 Å². The average molecular weight is 362 g/mol. The molecule has 1 aromatic carbocycles. The highest BCUT2D eigenvalue weighted by Gasteiger charge is 2.46. The second kappa shape index (κ2) is 8.31. The summed E-state index contributed by atoms with van der Waals surface area (Å²) >= 11 is 0. The number of carboxylic acid groups (broad SMARTS) is 1. The summed E-state index contributed by atoms with van der Waals surface area (Å²) in [5.41, 5.74) is 3.28. The zero-order valence-electron chi connectivity index (χ0n) is 15.2. The molecule has 2 amide bonds. The predicted molar refractivity (Wildman–Crippen MR) is 94.5 cm³/mol. The number of hydroxylamine groups is 1. The molecule has 1 heterocycles. The normalized spacial score (nSPS) is 20.9. The summed E-state index contributed by atoms with van der Waals surface area (Å²) in [5.74, 6) is -1.96. The first kappa shape index (κ1) is 19.9. The van der Waals surface area contributed by atoms with Crippen molar-refractivity contribution >= 4 is 17.8 Å². The minimum Gasteiger partial charge on any atom is -0.481 e. The van der Waals surface area contributed by atoms with Crippen molar-refractivity contribution in [3.63, 3.8) is 0 Å². The van der Waals surface area contributed by atoms with Gasteiger partial charge in [0.15, 0.2) is 0 Å². The van der Waals surface area contributed by atoms with E-state index in [4.69, 9.17) is 10.3 Å². The quantitative estimate of drug-likeness (QED) is 0.484. The van der Waals surface area contributed by atoms with Crippen LogP contribution in [0.1, 0.15) is 43.7 Å². The number of amides is 2. The summed E-state index contributed by atoms with van der Waals surface area (Å²) in [4.78, 5) is 37.1. The van der Waals surface area contributed by atoms with Crippen LogP contribution in [0.25, 0.3) is 0 Å². The van der Waals surface area contributed by atoms with E-state index in [-0.39, 0.29) is 18.7 Å². The van der Waals surface area contributed by atoms with Crippen molar-refractivity contribution in [3.8, 4) is 0 Å². The fourth-order valence-corrected chi connectivity index (χ4v) is 3.50. The van der Waals surface area contributed by atoms with Gasteiger partial charge >= 0.3 is 5.97 Å². The summed E-state index contributed by atoms with van der Waals surface area (Å²) in [5, 5.41) is 17.8. The third-order valence-electron chi connectivity index (χ3n) is 5.15. The first-order valence-corrected chi connectivity index (χ1v) is 8.79. The molecular weight excluding hydrogens is 336 g/mol. The Hall–Kier alpha value is -2.41. The maximum Gasteiger partial charge on any atom is 0.303 e. The van der Waals surface area contributed by atoms with Crippen molar-refractivity contribution in [2.45, 2.75) is 52.0 Å². The third kappa shape index (κ3) is 4.60. The van der Waals surface area contributed by atoms with Gasteiger partial charge in [0.25, 0.3) is 5.91 Å². The Kier molecular flexibility index (Phi) is 6.37. The average Bonchev–Trinajstić information content (AvgIpc) is 2.89. The molecule has 7 heteroatoms. The Morgan fingerprint density at radius 1 is 1.38 bits per heavy atom. The molecule has 1 fully saturated rings. The second-order valence-electron chi connectivity index (χ2n) is 7.22. The van der Waals surface area contributed by atoms with E-state index in [2.05, 4.69) is 6.07 Å². The number of hydrogen-bond acceptors (Lipinski definition) is 4. The van der Waals surface area contributed by atoms with Gasteiger partial charge in [-0.1, -0.05) is 36.8 Å². The van der Waals surface area contributed by atoms with Crippen LogP contribution in [0.4, 0.5) is 0 Å². The maximum absolute atomic E-state index is 12.9. The monoisotopic (exact) mass is 362 g/mol. The summed E-state index contributed by atoms with van der Waals surface area (Å²) in [6.07, 6.45) is 1.73. The van der Waals surface area contributed by atoms with Gasteiger partial charge in [-0.25, -0.2) is 5.48 Å². The number of benzene rings is 1. The number of aryl methyl sites for hydroxylation is 2. The number of aliphatic carboxylic acids is 1. The van der Waals surface area contributed by atoms with Crippen LogP contribution >= 0.6 is 0 Å². The van der Waals surface area contributed by atoms with Crippen molar-refractivity contribution in [2.75, 3.05) is 6.54 Å². The number of carbonyl (C=O) groups excluding carboxylic acids is 2. The number of nitrogens with one attached hydrogen (secondary N) is 1. The number of carboxylic acids is 1. The molecule has 0 saturated carbocycles. The van der Waals surface area contributed by atoms with Gasteiger partial charge in [0, 0.05) is 18.4 Å². The number of hydrogen-bond donors (Lipinski definition) is 3. The lowest BCUT2D eigenvalue weighted by atomic mass is 9.82. The molecule has 2 atom stereocenters. The van der Waals surface area contributed by atoms with Gasteiger partial charge in [0.05, 0.1) is 0 Å². The van der Waals surface area contributed by atoms with Gasteiger partial charge in [-0.3, -0.25) is 19.6 Å². The summed E-state index contributed by atoms with van der Waals surface area (Å²) < 4.78 is 0. The van der Waals surface area contributed by atoms with E-state index in [9.17, 15) is 14.4 Å². The second-order valence-corrected chi connectivity index (χ2v) is 7.22. The van der Waals surface area contributed by atoms with Crippen LogP contribution in [0.15, 0.2) is 24.3 Å². The Balaban J connectivity index is 2.07. The molecule has 26 heavy (non-hydrogen) atoms. The summed E-state index contributed by atoms with van der Waals surface area (Å²) in [7, 11) is 0. The number of likely N-dealkylation sites (tertiary alicyclic amines) is 1. The Labute approximate surface area is 153 Å². The van der Waals surface area contributed by atoms with Gasteiger partial charge in [-0.2, -0.15) is 0 Å². The Morgan fingerprint density at radius 2 is 2.12 bits per heavy atom. The molecule has 1 aromatic rings. The van der Waals surface area contributed by atoms with E-state index < -0.39 is 23.3 Å². The van der Waals surface area contributed by atoms with Crippen molar-refractivity contribution in [2.24, 2.45) is 5.41 Å². The topological polar surface area (TPSA) is 107 Å². The van der Waals surface area contributed by atoms with Crippen molar-refractivity contribution in [1.29, 1.82) is 0 Å². The SMILES string of the molecule is Cc1cccc(CCC2(C)CCN([C@H](CCC(=O)O)C(=O)NO)C2=O)c1. The van der Waals surface area contributed by atoms with Crippen LogP contribution < -0.4 is 5.48 Å². The third-order valence-corrected chi connectivity index (χ3v) is 5.15. The lowest BCUT2D eigenvalue weighted by molar-refractivity contribution is -0.147. The molecule has 7 nitrogen and oxygen atoms in total. The van der Waals surface area contributed by atoms with Gasteiger partial charge in [-0.05, 0) is 38.2 Å². The van der Waals surface area contributed by atoms with Crippen LogP contribution in [-0.2, 0) is 20.8 Å². The molecule has 0 radical (unpaired) electrons. The standard InChI is InChI=1S/C19H26N2O5/c1-13-4-3-5-14(12-13)8-9-19(2)10-11-21(18(19)25)15(17(24)20-26)6-7-16(22)23/h3-5,12,15,26H,6-11H2,1-2H3,(H,20,24)(H,22,23)/t15-,19?/m1/s1. The lowest BCUT2D eigenvalue weighted by Crippen LogP contribution is -2.48. The van der Waals surface area contributed by atoms with Gasteiger partial charge in [0.1, 0.15) is 6.04 Å². The van der Waals surface area contributed by atoms with Crippen LogP contribution in [0.5, 0.6) is 0 Å². The molecule has 2 rings (SSSR count). The molecule has 3 N–H and O–H groups in total. The molecule has 142 valence electrons. The number of carbonyl (C=O) groups is 3. The molecule has 0 aromatic heterocycles. The van der Waals surface area contributed by atoms with Crippen LogP contribution in [-0.4, -0.2) is 45.6 Å². The first-order chi connectivity index (χ1) is 12.3. The number of rotatable bonds is 8. The molecule has 0 aliphatic carbocycles. The zero-order chi connectivity index (χ0) is 19.3. The minimum absolute atomic E-state index is 0.0264. The van der Waals surface area contributed by atoms with Gasteiger partial charge in [-0.15, -0.1) is 0 Å². The number of nitrogens with zero attached hydrogens (tertiary/aromatic N) is 1. The lowest BCUT2D eigenvalue weighted by Gasteiger charge is -2.28. The predicted octanol–water partition coefficient (Wildman–Crippen LogP) is 1.91. The van der Waals surface area contributed by atoms with E-state index in [1.165, 1.54) is 10.5 Å². The van der Waals surface area contributed by atoms with E-state index in [1.54, 1.807) is 5.48 Å². The Bertz CT molecular complexity index is 690. The smallest absolute Gasteiger partial charge is 0.303 e. The Morgan fingerprint density at radius 3 is 2.73 bits per heavy atom. The van der Waals surface area contributed by atoms with Crippen molar-refractivity contribution in [1.82, 2.24) is 10.4 Å².